The molecule has 2 amide bonds. The standard InChI is InChI=1S/C20H22FN3O3/c1-27-16-5-6-17(18(21)12-16)14-3-2-4-15(11-14)20(26)24-9-7-23(8-10-24)13-19(22)25/h2-6,11-12H,7-10,13H2,1H3,(H2,22,25). The third-order valence-electron chi connectivity index (χ3n) is 4.64. The highest BCUT2D eigenvalue weighted by molar-refractivity contribution is 5.95. The van der Waals surface area contributed by atoms with E-state index >= 15 is 0 Å². The highest BCUT2D eigenvalue weighted by Crippen LogP contribution is 2.27. The molecular formula is C20H22FN3O3. The Hall–Kier alpha value is -2.93. The van der Waals surface area contributed by atoms with Crippen molar-refractivity contribution in [2.45, 2.75) is 0 Å². The maximum atomic E-state index is 14.3. The molecule has 142 valence electrons. The van der Waals surface area contributed by atoms with Gasteiger partial charge in [0, 0.05) is 43.4 Å². The number of halogens is 1. The molecule has 0 atom stereocenters. The van der Waals surface area contributed by atoms with Crippen molar-refractivity contribution in [2.24, 2.45) is 5.73 Å². The molecule has 2 aromatic carbocycles. The average Bonchev–Trinajstić information content (AvgIpc) is 2.67. The summed E-state index contributed by atoms with van der Waals surface area (Å²) in [5.41, 5.74) is 6.76. The molecule has 7 heteroatoms. The van der Waals surface area contributed by atoms with E-state index in [1.54, 1.807) is 41.3 Å². The maximum Gasteiger partial charge on any atom is 0.253 e. The van der Waals surface area contributed by atoms with Gasteiger partial charge in [0.05, 0.1) is 13.7 Å². The number of benzene rings is 2. The number of rotatable bonds is 5. The predicted molar refractivity (Wildman–Crippen MR) is 99.9 cm³/mol. The van der Waals surface area contributed by atoms with Crippen molar-refractivity contribution in [1.82, 2.24) is 9.80 Å². The minimum Gasteiger partial charge on any atom is -0.497 e. The number of primary amides is 1. The van der Waals surface area contributed by atoms with Gasteiger partial charge in [0.25, 0.3) is 5.91 Å². The first-order chi connectivity index (χ1) is 13.0. The molecule has 0 saturated carbocycles. The van der Waals surface area contributed by atoms with Gasteiger partial charge in [0.15, 0.2) is 0 Å². The lowest BCUT2D eigenvalue weighted by Gasteiger charge is -2.34. The van der Waals surface area contributed by atoms with Crippen LogP contribution in [0.15, 0.2) is 42.5 Å². The first-order valence-electron chi connectivity index (χ1n) is 8.72. The van der Waals surface area contributed by atoms with Crippen LogP contribution in [0, 0.1) is 5.82 Å². The van der Waals surface area contributed by atoms with E-state index in [0.717, 1.165) is 0 Å². The molecule has 0 unspecified atom stereocenters. The second-order valence-electron chi connectivity index (χ2n) is 6.46. The molecule has 6 nitrogen and oxygen atoms in total. The van der Waals surface area contributed by atoms with Gasteiger partial charge in [-0.2, -0.15) is 0 Å². The molecule has 0 aromatic heterocycles. The predicted octanol–water partition coefficient (Wildman–Crippen LogP) is 1.74. The molecule has 0 bridgehead atoms. The normalized spacial score (nSPS) is 14.8. The number of piperazine rings is 1. The third-order valence-corrected chi connectivity index (χ3v) is 4.64. The molecule has 1 heterocycles. The van der Waals surface area contributed by atoms with Gasteiger partial charge in [-0.15, -0.1) is 0 Å². The largest absolute Gasteiger partial charge is 0.497 e. The quantitative estimate of drug-likeness (QED) is 0.869. The molecule has 1 fully saturated rings. The van der Waals surface area contributed by atoms with E-state index in [4.69, 9.17) is 10.5 Å². The number of amides is 2. The molecule has 0 radical (unpaired) electrons. The van der Waals surface area contributed by atoms with Crippen LogP contribution >= 0.6 is 0 Å². The highest BCUT2D eigenvalue weighted by atomic mass is 19.1. The van der Waals surface area contributed by atoms with Crippen molar-refractivity contribution >= 4 is 11.8 Å². The van der Waals surface area contributed by atoms with Crippen LogP contribution in [0.2, 0.25) is 0 Å². The van der Waals surface area contributed by atoms with Gasteiger partial charge in [-0.25, -0.2) is 4.39 Å². The molecule has 1 saturated heterocycles. The first kappa shape index (κ1) is 18.8. The Bertz CT molecular complexity index is 848. The smallest absolute Gasteiger partial charge is 0.253 e. The molecule has 2 aromatic rings. The second-order valence-corrected chi connectivity index (χ2v) is 6.46. The molecule has 27 heavy (non-hydrogen) atoms. The summed E-state index contributed by atoms with van der Waals surface area (Å²) in [5.74, 6) is -0.440. The van der Waals surface area contributed by atoms with E-state index < -0.39 is 5.82 Å². The average molecular weight is 371 g/mol. The van der Waals surface area contributed by atoms with Crippen LogP contribution in [-0.4, -0.2) is 61.4 Å². The van der Waals surface area contributed by atoms with Crippen LogP contribution in [0.1, 0.15) is 10.4 Å². The fraction of sp³-hybridized carbons (Fsp3) is 0.300. The Morgan fingerprint density at radius 2 is 1.85 bits per heavy atom. The summed E-state index contributed by atoms with van der Waals surface area (Å²) in [6.45, 7) is 2.44. The number of carbonyl (C=O) groups is 2. The van der Waals surface area contributed by atoms with Gasteiger partial charge in [-0.05, 0) is 29.8 Å². The molecule has 3 rings (SSSR count). The van der Waals surface area contributed by atoms with Gasteiger partial charge in [-0.1, -0.05) is 12.1 Å². The summed E-state index contributed by atoms with van der Waals surface area (Å²) in [7, 11) is 1.48. The summed E-state index contributed by atoms with van der Waals surface area (Å²) < 4.78 is 19.4. The van der Waals surface area contributed by atoms with Crippen LogP contribution in [0.3, 0.4) is 0 Å². The number of ether oxygens (including phenoxy) is 1. The molecule has 2 N–H and O–H groups in total. The maximum absolute atomic E-state index is 14.3. The zero-order valence-corrected chi connectivity index (χ0v) is 15.2. The Balaban J connectivity index is 1.74. The summed E-state index contributed by atoms with van der Waals surface area (Å²) in [5, 5.41) is 0. The van der Waals surface area contributed by atoms with E-state index in [1.165, 1.54) is 13.2 Å². The third kappa shape index (κ3) is 4.43. The molecule has 0 spiro atoms. The molecule has 0 aliphatic carbocycles. The van der Waals surface area contributed by atoms with Gasteiger partial charge < -0.3 is 15.4 Å². The minimum absolute atomic E-state index is 0.107. The number of methoxy groups -OCH3 is 1. The zero-order chi connectivity index (χ0) is 19.4. The Labute approximate surface area is 157 Å². The lowest BCUT2D eigenvalue weighted by atomic mass is 10.0. The number of nitrogens with two attached hydrogens (primary N) is 1. The van der Waals surface area contributed by atoms with Crippen molar-refractivity contribution in [3.05, 3.63) is 53.8 Å². The monoisotopic (exact) mass is 371 g/mol. The van der Waals surface area contributed by atoms with Crippen molar-refractivity contribution in [3.8, 4) is 16.9 Å². The SMILES string of the molecule is COc1ccc(-c2cccc(C(=O)N3CCN(CC(N)=O)CC3)c2)c(F)c1. The number of hydrogen-bond donors (Lipinski definition) is 1. The minimum atomic E-state index is -0.404. The van der Waals surface area contributed by atoms with Crippen LogP contribution in [-0.2, 0) is 4.79 Å². The number of hydrogen-bond acceptors (Lipinski definition) is 4. The number of carbonyl (C=O) groups excluding carboxylic acids is 2. The summed E-state index contributed by atoms with van der Waals surface area (Å²) in [6, 6.07) is 11.6. The number of nitrogens with zero attached hydrogens (tertiary/aromatic N) is 2. The van der Waals surface area contributed by atoms with E-state index in [0.29, 0.717) is 48.6 Å². The van der Waals surface area contributed by atoms with E-state index in [9.17, 15) is 14.0 Å². The van der Waals surface area contributed by atoms with E-state index in [2.05, 4.69) is 0 Å². The van der Waals surface area contributed by atoms with Crippen LogP contribution in [0.5, 0.6) is 5.75 Å². The molecule has 1 aliphatic heterocycles. The van der Waals surface area contributed by atoms with E-state index in [1.807, 2.05) is 4.90 Å². The molecule has 1 aliphatic rings. The van der Waals surface area contributed by atoms with Gasteiger partial charge in [-0.3, -0.25) is 14.5 Å². The Morgan fingerprint density at radius 3 is 2.48 bits per heavy atom. The van der Waals surface area contributed by atoms with Gasteiger partial charge in [0.2, 0.25) is 5.91 Å². The fourth-order valence-electron chi connectivity index (χ4n) is 3.19. The Kier molecular flexibility index (Phi) is 5.71. The van der Waals surface area contributed by atoms with Crippen molar-refractivity contribution in [2.75, 3.05) is 39.8 Å². The lowest BCUT2D eigenvalue weighted by Crippen LogP contribution is -2.50. The summed E-state index contributed by atoms with van der Waals surface area (Å²) in [4.78, 5) is 27.5. The van der Waals surface area contributed by atoms with Crippen LogP contribution < -0.4 is 10.5 Å². The summed E-state index contributed by atoms with van der Waals surface area (Å²) in [6.07, 6.45) is 0. The Morgan fingerprint density at radius 1 is 1.11 bits per heavy atom. The van der Waals surface area contributed by atoms with Crippen molar-refractivity contribution in [3.63, 3.8) is 0 Å². The van der Waals surface area contributed by atoms with E-state index in [-0.39, 0.29) is 18.4 Å². The van der Waals surface area contributed by atoms with Crippen LogP contribution in [0.25, 0.3) is 11.1 Å². The van der Waals surface area contributed by atoms with Crippen molar-refractivity contribution < 1.29 is 18.7 Å². The highest BCUT2D eigenvalue weighted by Gasteiger charge is 2.23. The van der Waals surface area contributed by atoms with Gasteiger partial charge >= 0.3 is 0 Å². The second kappa shape index (κ2) is 8.18. The first-order valence-corrected chi connectivity index (χ1v) is 8.72. The topological polar surface area (TPSA) is 75.9 Å². The van der Waals surface area contributed by atoms with Crippen LogP contribution in [0.4, 0.5) is 4.39 Å². The molecular weight excluding hydrogens is 349 g/mol. The van der Waals surface area contributed by atoms with Crippen molar-refractivity contribution in [1.29, 1.82) is 0 Å². The summed E-state index contributed by atoms with van der Waals surface area (Å²) >= 11 is 0. The lowest BCUT2D eigenvalue weighted by molar-refractivity contribution is -0.119. The van der Waals surface area contributed by atoms with Gasteiger partial charge in [0.1, 0.15) is 11.6 Å². The zero-order valence-electron chi connectivity index (χ0n) is 15.2. The fourth-order valence-corrected chi connectivity index (χ4v) is 3.19.